The van der Waals surface area contributed by atoms with Gasteiger partial charge in [-0.3, -0.25) is 4.68 Å². The average molecular weight is 259 g/mol. The predicted molar refractivity (Wildman–Crippen MR) is 76.2 cm³/mol. The molecule has 3 rings (SSSR count). The van der Waals surface area contributed by atoms with Crippen LogP contribution in [0.1, 0.15) is 32.1 Å². The first-order chi connectivity index (χ1) is 9.25. The molecule has 0 radical (unpaired) electrons. The molecule has 1 aromatic heterocycles. The van der Waals surface area contributed by atoms with Gasteiger partial charge in [0.05, 0.1) is 11.2 Å². The number of aromatic nitrogens is 2. The van der Waals surface area contributed by atoms with E-state index < -0.39 is 0 Å². The molecule has 0 bridgehead atoms. The largest absolute Gasteiger partial charge is 0.370 e. The molecule has 0 aliphatic carbocycles. The molecule has 1 unspecified atom stereocenters. The molecule has 1 aromatic carbocycles. The molecule has 2 heterocycles. The molecule has 0 spiro atoms. The summed E-state index contributed by atoms with van der Waals surface area (Å²) in [7, 11) is 0. The fourth-order valence-corrected chi connectivity index (χ4v) is 2.63. The standard InChI is InChI=1S/C15H21N3O/c1-11(2)16-10-14-15-12-6-3-4-7-13(12)17-18(15)8-5-9-19-14/h3-4,6-7,11,14,16H,5,8-10H2,1-2H3. The lowest BCUT2D eigenvalue weighted by Crippen LogP contribution is -2.29. The molecule has 0 saturated heterocycles. The summed E-state index contributed by atoms with van der Waals surface area (Å²) < 4.78 is 8.15. The molecule has 0 saturated carbocycles. The van der Waals surface area contributed by atoms with Crippen molar-refractivity contribution in [1.82, 2.24) is 15.1 Å². The van der Waals surface area contributed by atoms with Crippen LogP contribution < -0.4 is 5.32 Å². The van der Waals surface area contributed by atoms with Gasteiger partial charge in [0.25, 0.3) is 0 Å². The minimum absolute atomic E-state index is 0.0947. The van der Waals surface area contributed by atoms with Crippen molar-refractivity contribution in [2.24, 2.45) is 0 Å². The van der Waals surface area contributed by atoms with E-state index in [-0.39, 0.29) is 6.10 Å². The summed E-state index contributed by atoms with van der Waals surface area (Å²) >= 11 is 0. The molecule has 4 heteroatoms. The molecule has 1 atom stereocenters. The molecule has 2 aromatic rings. The van der Waals surface area contributed by atoms with Crippen molar-refractivity contribution < 1.29 is 4.74 Å². The second-order valence-electron chi connectivity index (χ2n) is 5.40. The van der Waals surface area contributed by atoms with Gasteiger partial charge in [-0.2, -0.15) is 5.10 Å². The summed E-state index contributed by atoms with van der Waals surface area (Å²) in [6.45, 7) is 6.91. The number of ether oxygens (including phenoxy) is 1. The number of hydrogen-bond donors (Lipinski definition) is 1. The third-order valence-electron chi connectivity index (χ3n) is 3.54. The van der Waals surface area contributed by atoms with Crippen molar-refractivity contribution in [3.05, 3.63) is 30.0 Å². The summed E-state index contributed by atoms with van der Waals surface area (Å²) in [5.41, 5.74) is 2.29. The third-order valence-corrected chi connectivity index (χ3v) is 3.54. The van der Waals surface area contributed by atoms with Crippen molar-refractivity contribution >= 4 is 10.9 Å². The van der Waals surface area contributed by atoms with Gasteiger partial charge >= 0.3 is 0 Å². The van der Waals surface area contributed by atoms with Crippen LogP contribution in [0.2, 0.25) is 0 Å². The Labute approximate surface area is 113 Å². The summed E-state index contributed by atoms with van der Waals surface area (Å²) in [6, 6.07) is 8.80. The molecule has 102 valence electrons. The van der Waals surface area contributed by atoms with E-state index in [0.717, 1.165) is 31.6 Å². The minimum atomic E-state index is 0.0947. The summed E-state index contributed by atoms with van der Waals surface area (Å²) in [5, 5.41) is 9.39. The number of rotatable bonds is 3. The second-order valence-corrected chi connectivity index (χ2v) is 5.40. The van der Waals surface area contributed by atoms with Crippen molar-refractivity contribution in [1.29, 1.82) is 0 Å². The Morgan fingerprint density at radius 2 is 2.26 bits per heavy atom. The van der Waals surface area contributed by atoms with Gasteiger partial charge in [0.1, 0.15) is 6.10 Å². The molecular weight excluding hydrogens is 238 g/mol. The Hall–Kier alpha value is -1.39. The van der Waals surface area contributed by atoms with Gasteiger partial charge in [0.15, 0.2) is 0 Å². The zero-order valence-electron chi connectivity index (χ0n) is 11.6. The lowest BCUT2D eigenvalue weighted by molar-refractivity contribution is 0.0554. The second kappa shape index (κ2) is 5.31. The Bertz CT molecular complexity index is 562. The Kier molecular flexibility index (Phi) is 3.53. The molecule has 1 N–H and O–H groups in total. The topological polar surface area (TPSA) is 39.1 Å². The van der Waals surface area contributed by atoms with Gasteiger partial charge in [-0.05, 0) is 12.5 Å². The quantitative estimate of drug-likeness (QED) is 0.920. The van der Waals surface area contributed by atoms with Crippen LogP contribution in [0.4, 0.5) is 0 Å². The molecule has 1 aliphatic rings. The smallest absolute Gasteiger partial charge is 0.112 e. The van der Waals surface area contributed by atoms with Crippen LogP contribution in [-0.4, -0.2) is 29.0 Å². The first-order valence-electron chi connectivity index (χ1n) is 7.06. The molecular formula is C15H21N3O. The van der Waals surface area contributed by atoms with Gasteiger partial charge in [-0.25, -0.2) is 0 Å². The van der Waals surface area contributed by atoms with E-state index >= 15 is 0 Å². The number of hydrogen-bond acceptors (Lipinski definition) is 3. The summed E-state index contributed by atoms with van der Waals surface area (Å²) in [4.78, 5) is 0. The van der Waals surface area contributed by atoms with E-state index in [2.05, 4.69) is 42.0 Å². The maximum absolute atomic E-state index is 6.02. The molecule has 1 aliphatic heterocycles. The molecule has 0 amide bonds. The van der Waals surface area contributed by atoms with Crippen LogP contribution in [0.5, 0.6) is 0 Å². The van der Waals surface area contributed by atoms with E-state index in [4.69, 9.17) is 9.84 Å². The van der Waals surface area contributed by atoms with Crippen LogP contribution in [-0.2, 0) is 11.3 Å². The van der Waals surface area contributed by atoms with Crippen molar-refractivity contribution in [2.75, 3.05) is 13.2 Å². The van der Waals surface area contributed by atoms with Crippen molar-refractivity contribution in [3.63, 3.8) is 0 Å². The zero-order chi connectivity index (χ0) is 13.2. The highest BCUT2D eigenvalue weighted by atomic mass is 16.5. The van der Waals surface area contributed by atoms with Crippen LogP contribution in [0.15, 0.2) is 24.3 Å². The maximum Gasteiger partial charge on any atom is 0.112 e. The van der Waals surface area contributed by atoms with Crippen LogP contribution in [0.25, 0.3) is 10.9 Å². The number of fused-ring (bicyclic) bond motifs is 3. The first-order valence-corrected chi connectivity index (χ1v) is 7.06. The molecule has 0 fully saturated rings. The number of aryl methyl sites for hydroxylation is 1. The van der Waals surface area contributed by atoms with Gasteiger partial charge in [0, 0.05) is 31.1 Å². The molecule has 19 heavy (non-hydrogen) atoms. The van der Waals surface area contributed by atoms with Crippen LogP contribution >= 0.6 is 0 Å². The average Bonchev–Trinajstić information content (AvgIpc) is 2.64. The number of nitrogens with one attached hydrogen (secondary N) is 1. The number of nitrogens with zero attached hydrogens (tertiary/aromatic N) is 2. The third kappa shape index (κ3) is 2.51. The van der Waals surface area contributed by atoms with Gasteiger partial charge in [0.2, 0.25) is 0 Å². The summed E-state index contributed by atoms with van der Waals surface area (Å²) in [5.74, 6) is 0. The fraction of sp³-hybridized carbons (Fsp3) is 0.533. The van der Waals surface area contributed by atoms with E-state index in [1.54, 1.807) is 0 Å². The minimum Gasteiger partial charge on any atom is -0.370 e. The SMILES string of the molecule is CC(C)NCC1OCCCn2nc3ccccc3c21. The summed E-state index contributed by atoms with van der Waals surface area (Å²) in [6.07, 6.45) is 1.12. The van der Waals surface area contributed by atoms with Gasteiger partial charge in [-0.1, -0.05) is 32.0 Å². The van der Waals surface area contributed by atoms with Crippen molar-refractivity contribution in [3.8, 4) is 0 Å². The first kappa shape index (κ1) is 12.6. The van der Waals surface area contributed by atoms with Crippen LogP contribution in [0.3, 0.4) is 0 Å². The van der Waals surface area contributed by atoms with Gasteiger partial charge in [-0.15, -0.1) is 0 Å². The van der Waals surface area contributed by atoms with E-state index in [1.165, 1.54) is 11.1 Å². The van der Waals surface area contributed by atoms with E-state index in [9.17, 15) is 0 Å². The maximum atomic E-state index is 6.02. The van der Waals surface area contributed by atoms with E-state index in [0.29, 0.717) is 6.04 Å². The fourth-order valence-electron chi connectivity index (χ4n) is 2.63. The van der Waals surface area contributed by atoms with Crippen molar-refractivity contribution in [2.45, 2.75) is 39.0 Å². The molecule has 4 nitrogen and oxygen atoms in total. The lowest BCUT2D eigenvalue weighted by Gasteiger charge is -2.18. The number of benzene rings is 1. The lowest BCUT2D eigenvalue weighted by atomic mass is 10.1. The Morgan fingerprint density at radius 1 is 1.42 bits per heavy atom. The normalized spacial score (nSPS) is 19.6. The monoisotopic (exact) mass is 259 g/mol. The van der Waals surface area contributed by atoms with Gasteiger partial charge < -0.3 is 10.1 Å². The Morgan fingerprint density at radius 3 is 3.11 bits per heavy atom. The Balaban J connectivity index is 1.99. The zero-order valence-corrected chi connectivity index (χ0v) is 11.6. The van der Waals surface area contributed by atoms with E-state index in [1.807, 2.05) is 6.07 Å². The van der Waals surface area contributed by atoms with Crippen LogP contribution in [0, 0.1) is 0 Å². The highest BCUT2D eigenvalue weighted by molar-refractivity contribution is 5.81. The highest BCUT2D eigenvalue weighted by Gasteiger charge is 2.23. The highest BCUT2D eigenvalue weighted by Crippen LogP contribution is 2.28. The predicted octanol–water partition coefficient (Wildman–Crippen LogP) is 2.50.